The number of carbonyl (C=O) groups excluding carboxylic acids is 3. The molecule has 0 heterocycles. The number of phosphoric acid groups is 1. The quantitative estimate of drug-likeness (QED) is 0.0236. The van der Waals surface area contributed by atoms with Crippen molar-refractivity contribution in [1.29, 1.82) is 0 Å². The zero-order valence-corrected chi connectivity index (χ0v) is 32.1. The molecule has 1 unspecified atom stereocenters. The van der Waals surface area contributed by atoms with E-state index in [1.807, 2.05) is 0 Å². The monoisotopic (exact) mass is 732 g/mol. The Morgan fingerprint density at radius 3 is 2.04 bits per heavy atom. The number of carbonyl (C=O) groups is 3. The highest BCUT2D eigenvalue weighted by Crippen LogP contribution is 2.36. The lowest BCUT2D eigenvalue weighted by Crippen LogP contribution is -2.29. The maximum atomic E-state index is 12.5. The van der Waals surface area contributed by atoms with Crippen LogP contribution in [0.4, 0.5) is 0 Å². The smallest absolute Gasteiger partial charge is 0.462 e. The maximum Gasteiger partial charge on any atom is 0.469 e. The highest BCUT2D eigenvalue weighted by atomic mass is 31.2. The molecule has 12 heteroatoms. The van der Waals surface area contributed by atoms with Crippen molar-refractivity contribution >= 4 is 25.5 Å². The van der Waals surface area contributed by atoms with E-state index in [0.717, 1.165) is 57.3 Å². The molecule has 0 aliphatic heterocycles. The normalized spacial score (nSPS) is 19.9. The van der Waals surface area contributed by atoms with E-state index in [4.69, 9.17) is 19.3 Å². The van der Waals surface area contributed by atoms with Gasteiger partial charge in [-0.3, -0.25) is 18.9 Å². The molecule has 4 N–H and O–H groups in total. The molecule has 0 aromatic rings. The third kappa shape index (κ3) is 23.8. The van der Waals surface area contributed by atoms with Gasteiger partial charge in [-0.15, -0.1) is 0 Å². The third-order valence-electron chi connectivity index (χ3n) is 9.72. The fourth-order valence-corrected chi connectivity index (χ4v) is 6.72. The molecule has 292 valence electrons. The second-order valence-electron chi connectivity index (χ2n) is 14.3. The Labute approximate surface area is 301 Å². The Bertz CT molecular complexity index is 997. The first-order valence-corrected chi connectivity index (χ1v) is 21.0. The molecular weight excluding hydrogens is 663 g/mol. The number of ketones is 1. The average molecular weight is 733 g/mol. The largest absolute Gasteiger partial charge is 0.469 e. The number of phosphoric ester groups is 1. The Balaban J connectivity index is 2.32. The van der Waals surface area contributed by atoms with Crippen LogP contribution in [-0.4, -0.2) is 69.2 Å². The van der Waals surface area contributed by atoms with Gasteiger partial charge in [-0.05, 0) is 31.6 Å². The van der Waals surface area contributed by atoms with E-state index in [1.54, 1.807) is 12.2 Å². The molecule has 1 fully saturated rings. The Morgan fingerprint density at radius 1 is 0.840 bits per heavy atom. The van der Waals surface area contributed by atoms with Crippen molar-refractivity contribution in [2.45, 2.75) is 180 Å². The molecule has 0 bridgehead atoms. The Morgan fingerprint density at radius 2 is 1.42 bits per heavy atom. The fourth-order valence-electron chi connectivity index (χ4n) is 6.36. The van der Waals surface area contributed by atoms with Crippen LogP contribution < -0.4 is 0 Å². The number of aliphatic hydroxyl groups excluding tert-OH is 2. The van der Waals surface area contributed by atoms with E-state index in [9.17, 15) is 29.2 Å². The zero-order valence-electron chi connectivity index (χ0n) is 31.2. The van der Waals surface area contributed by atoms with E-state index in [-0.39, 0.29) is 43.5 Å². The van der Waals surface area contributed by atoms with Crippen molar-refractivity contribution in [2.24, 2.45) is 17.8 Å². The van der Waals surface area contributed by atoms with Crippen molar-refractivity contribution in [3.8, 4) is 0 Å². The summed E-state index contributed by atoms with van der Waals surface area (Å²) < 4.78 is 26.3. The van der Waals surface area contributed by atoms with Gasteiger partial charge in [0.15, 0.2) is 6.10 Å². The third-order valence-corrected chi connectivity index (χ3v) is 10.2. The number of ether oxygens (including phenoxy) is 2. The predicted molar refractivity (Wildman–Crippen MR) is 194 cm³/mol. The minimum atomic E-state index is -4.81. The summed E-state index contributed by atoms with van der Waals surface area (Å²) in [5.41, 5.74) is 0. The molecule has 6 atom stereocenters. The van der Waals surface area contributed by atoms with Crippen LogP contribution in [0.15, 0.2) is 12.2 Å². The van der Waals surface area contributed by atoms with Gasteiger partial charge in [0.25, 0.3) is 0 Å². The summed E-state index contributed by atoms with van der Waals surface area (Å²) in [6.07, 6.45) is 19.9. The molecule has 0 spiro atoms. The zero-order chi connectivity index (χ0) is 37.2. The first kappa shape index (κ1) is 46.4. The van der Waals surface area contributed by atoms with E-state index < -0.39 is 44.7 Å². The second-order valence-corrected chi connectivity index (χ2v) is 15.5. The van der Waals surface area contributed by atoms with Crippen LogP contribution in [0.2, 0.25) is 0 Å². The van der Waals surface area contributed by atoms with E-state index in [2.05, 4.69) is 25.3 Å². The summed E-state index contributed by atoms with van der Waals surface area (Å²) in [6.45, 7) is 5.68. The van der Waals surface area contributed by atoms with Gasteiger partial charge in [0, 0.05) is 31.1 Å². The molecule has 11 nitrogen and oxygen atoms in total. The lowest BCUT2D eigenvalue weighted by atomic mass is 9.88. The van der Waals surface area contributed by atoms with Gasteiger partial charge in [0.2, 0.25) is 0 Å². The topological polar surface area (TPSA) is 177 Å². The van der Waals surface area contributed by atoms with Gasteiger partial charge in [-0.2, -0.15) is 0 Å². The number of Topliss-reactive ketones (excluding diaryl/α,β-unsaturated/α-hetero) is 1. The molecule has 1 aliphatic rings. The summed E-state index contributed by atoms with van der Waals surface area (Å²) in [5, 5.41) is 20.6. The van der Waals surface area contributed by atoms with Crippen LogP contribution in [0.3, 0.4) is 0 Å². The summed E-state index contributed by atoms with van der Waals surface area (Å²) in [6, 6.07) is 0. The number of hydrogen-bond acceptors (Lipinski definition) is 9. The van der Waals surface area contributed by atoms with Crippen molar-refractivity contribution in [1.82, 2.24) is 0 Å². The van der Waals surface area contributed by atoms with Crippen LogP contribution in [0.5, 0.6) is 0 Å². The van der Waals surface area contributed by atoms with Gasteiger partial charge >= 0.3 is 19.8 Å². The highest BCUT2D eigenvalue weighted by molar-refractivity contribution is 7.46. The average Bonchev–Trinajstić information content (AvgIpc) is 3.34. The van der Waals surface area contributed by atoms with Gasteiger partial charge < -0.3 is 29.5 Å². The first-order valence-electron chi connectivity index (χ1n) is 19.5. The number of esters is 2. The summed E-state index contributed by atoms with van der Waals surface area (Å²) in [5.74, 6) is -0.789. The van der Waals surface area contributed by atoms with Gasteiger partial charge in [0.05, 0.1) is 18.8 Å². The maximum absolute atomic E-state index is 12.5. The highest BCUT2D eigenvalue weighted by Gasteiger charge is 2.39. The van der Waals surface area contributed by atoms with Gasteiger partial charge in [-0.1, -0.05) is 129 Å². The molecule has 1 aliphatic carbocycles. The number of aliphatic hydroxyl groups is 2. The Hall–Kier alpha value is -1.62. The van der Waals surface area contributed by atoms with Crippen LogP contribution >= 0.6 is 7.82 Å². The Kier molecular flexibility index (Phi) is 25.9. The fraction of sp³-hybridized carbons (Fsp3) is 0.868. The molecule has 0 aromatic carbocycles. The number of unbranched alkanes of at least 4 members (excludes halogenated alkanes) is 12. The number of rotatable bonds is 31. The lowest BCUT2D eigenvalue weighted by molar-refractivity contribution is -0.161. The van der Waals surface area contributed by atoms with Crippen LogP contribution in [0.25, 0.3) is 0 Å². The number of hydrogen-bond donors (Lipinski definition) is 4. The van der Waals surface area contributed by atoms with Crippen LogP contribution in [0.1, 0.15) is 162 Å². The first-order chi connectivity index (χ1) is 23.9. The van der Waals surface area contributed by atoms with Crippen molar-refractivity contribution < 1.29 is 52.9 Å². The molecular formula is C38H69O11P. The SMILES string of the molecule is CCCCC[C@H](O)/C=C/[C@H]1[C@H](O)CC(=O)[C@@H]1CCCCCCC(=O)O[C@H](COC(=O)CCCCCCCCCCC(C)CC)COP(=O)(O)O. The summed E-state index contributed by atoms with van der Waals surface area (Å²) in [7, 11) is -4.81. The van der Waals surface area contributed by atoms with Crippen LogP contribution in [0, 0.1) is 17.8 Å². The van der Waals surface area contributed by atoms with Crippen molar-refractivity contribution in [3.05, 3.63) is 12.2 Å². The molecule has 0 aromatic heterocycles. The molecule has 1 saturated carbocycles. The molecule has 1 rings (SSSR count). The predicted octanol–water partition coefficient (Wildman–Crippen LogP) is 7.90. The van der Waals surface area contributed by atoms with E-state index in [0.29, 0.717) is 32.1 Å². The minimum absolute atomic E-state index is 0.0361. The molecule has 0 radical (unpaired) electrons. The van der Waals surface area contributed by atoms with Gasteiger partial charge in [0.1, 0.15) is 12.4 Å². The minimum Gasteiger partial charge on any atom is -0.462 e. The van der Waals surface area contributed by atoms with Crippen molar-refractivity contribution in [2.75, 3.05) is 13.2 Å². The lowest BCUT2D eigenvalue weighted by Gasteiger charge is -2.19. The standard InChI is InChI=1S/C38H69O11P/c1-4-6-15-21-31(39)25-26-34-33(35(40)27-36(34)41)22-17-13-14-19-24-38(43)49-32(29-48-50(44,45)46)28-47-37(42)23-18-12-10-8-7-9-11-16-20-30(3)5-2/h25-26,30-34,36,39,41H,4-24,27-29H2,1-3H3,(H2,44,45,46)/b26-25+/t30?,31-,32+,33+,34+,36+/m0/s1. The molecule has 0 amide bonds. The van der Waals surface area contributed by atoms with Gasteiger partial charge in [-0.25, -0.2) is 4.57 Å². The second kappa shape index (κ2) is 28.0. The molecule has 0 saturated heterocycles. The summed E-state index contributed by atoms with van der Waals surface area (Å²) >= 11 is 0. The van der Waals surface area contributed by atoms with Crippen molar-refractivity contribution in [3.63, 3.8) is 0 Å². The van der Waals surface area contributed by atoms with E-state index >= 15 is 0 Å². The molecule has 50 heavy (non-hydrogen) atoms. The van der Waals surface area contributed by atoms with Crippen LogP contribution in [-0.2, 0) is 32.9 Å². The van der Waals surface area contributed by atoms with E-state index in [1.165, 1.54) is 38.5 Å². The summed E-state index contributed by atoms with van der Waals surface area (Å²) in [4.78, 5) is 55.4.